The van der Waals surface area contributed by atoms with E-state index in [1.807, 2.05) is 13.8 Å². The highest BCUT2D eigenvalue weighted by Gasteiger charge is 2.17. The van der Waals surface area contributed by atoms with E-state index in [1.54, 1.807) is 0 Å². The number of phenols is 1. The van der Waals surface area contributed by atoms with E-state index in [-0.39, 0.29) is 16.3 Å². The van der Waals surface area contributed by atoms with Gasteiger partial charge in [0.1, 0.15) is 5.75 Å². The molecule has 0 aliphatic heterocycles. The van der Waals surface area contributed by atoms with Gasteiger partial charge in [0.15, 0.2) is 0 Å². The molecule has 2 N–H and O–H groups in total. The van der Waals surface area contributed by atoms with Crippen molar-refractivity contribution in [1.82, 2.24) is 0 Å². The van der Waals surface area contributed by atoms with Gasteiger partial charge in [-0.05, 0) is 24.5 Å². The molecule has 0 radical (unpaired) electrons. The molecule has 16 heavy (non-hydrogen) atoms. The van der Waals surface area contributed by atoms with Gasteiger partial charge < -0.3 is 10.2 Å². The molecule has 0 spiro atoms. The Bertz CT molecular complexity index is 401. The van der Waals surface area contributed by atoms with Crippen LogP contribution in [0.25, 0.3) is 0 Å². The first-order valence-corrected chi connectivity index (χ1v) is 5.58. The molecule has 0 amide bonds. The Morgan fingerprint density at radius 1 is 1.50 bits per heavy atom. The van der Waals surface area contributed by atoms with Crippen LogP contribution in [0.1, 0.15) is 36.2 Å². The smallest absolute Gasteiger partial charge is 0.337 e. The summed E-state index contributed by atoms with van der Waals surface area (Å²) >= 11 is 5.97. The summed E-state index contributed by atoms with van der Waals surface area (Å²) in [7, 11) is 0. The number of carbonyl (C=O) groups is 1. The minimum Gasteiger partial charge on any atom is -0.508 e. The lowest BCUT2D eigenvalue weighted by Crippen LogP contribution is -2.04. The first-order valence-electron chi connectivity index (χ1n) is 5.21. The Morgan fingerprint density at radius 2 is 2.12 bits per heavy atom. The molecule has 1 rings (SSSR count). The third kappa shape index (κ3) is 2.67. The van der Waals surface area contributed by atoms with Crippen molar-refractivity contribution in [3.8, 4) is 5.75 Å². The first kappa shape index (κ1) is 12.8. The highest BCUT2D eigenvalue weighted by Crippen LogP contribution is 2.31. The predicted molar refractivity (Wildman–Crippen MR) is 63.2 cm³/mol. The average Bonchev–Trinajstić information content (AvgIpc) is 2.23. The Labute approximate surface area is 99.7 Å². The zero-order chi connectivity index (χ0) is 12.3. The number of carboxylic acids is 1. The van der Waals surface area contributed by atoms with Crippen LogP contribution in [0.3, 0.4) is 0 Å². The number of rotatable bonds is 4. The van der Waals surface area contributed by atoms with Crippen molar-refractivity contribution in [2.45, 2.75) is 26.7 Å². The highest BCUT2D eigenvalue weighted by atomic mass is 35.5. The summed E-state index contributed by atoms with van der Waals surface area (Å²) in [6.45, 7) is 4.07. The maximum Gasteiger partial charge on any atom is 0.337 e. The molecule has 1 aromatic rings. The number of phenolic OH excluding ortho intramolecular Hbond substituents is 1. The van der Waals surface area contributed by atoms with Crippen LogP contribution in [0, 0.1) is 5.92 Å². The fourth-order valence-corrected chi connectivity index (χ4v) is 1.78. The minimum atomic E-state index is -1.07. The first-order chi connectivity index (χ1) is 7.47. The fourth-order valence-electron chi connectivity index (χ4n) is 1.46. The van der Waals surface area contributed by atoms with Crippen molar-refractivity contribution in [2.75, 3.05) is 0 Å². The van der Waals surface area contributed by atoms with E-state index < -0.39 is 5.97 Å². The fraction of sp³-hybridized carbons (Fsp3) is 0.417. The van der Waals surface area contributed by atoms with Crippen molar-refractivity contribution < 1.29 is 15.0 Å². The molecule has 0 heterocycles. The largest absolute Gasteiger partial charge is 0.508 e. The van der Waals surface area contributed by atoms with E-state index >= 15 is 0 Å². The summed E-state index contributed by atoms with van der Waals surface area (Å²) < 4.78 is 0. The van der Waals surface area contributed by atoms with Crippen molar-refractivity contribution in [1.29, 1.82) is 0 Å². The van der Waals surface area contributed by atoms with Crippen molar-refractivity contribution in [2.24, 2.45) is 5.92 Å². The molecule has 1 unspecified atom stereocenters. The van der Waals surface area contributed by atoms with E-state index in [0.717, 1.165) is 6.42 Å². The molecule has 3 nitrogen and oxygen atoms in total. The number of hydrogen-bond donors (Lipinski definition) is 2. The molecule has 1 aromatic carbocycles. The van der Waals surface area contributed by atoms with Crippen LogP contribution in [0.2, 0.25) is 5.02 Å². The van der Waals surface area contributed by atoms with Crippen LogP contribution >= 0.6 is 11.6 Å². The number of benzene rings is 1. The maximum absolute atomic E-state index is 10.9. The number of halogens is 1. The zero-order valence-corrected chi connectivity index (χ0v) is 10.1. The standard InChI is InChI=1S/C12H15ClO3/c1-3-7(2)6-9-10(14)5-4-8(11(9)13)12(15)16/h4-5,7,14H,3,6H2,1-2H3,(H,15,16). The summed E-state index contributed by atoms with van der Waals surface area (Å²) in [6.07, 6.45) is 1.54. The second-order valence-corrected chi connectivity index (χ2v) is 4.33. The molecular formula is C12H15ClO3. The van der Waals surface area contributed by atoms with Gasteiger partial charge >= 0.3 is 5.97 Å². The number of aromatic carboxylic acids is 1. The van der Waals surface area contributed by atoms with Crippen molar-refractivity contribution in [3.63, 3.8) is 0 Å². The molecule has 0 aliphatic rings. The number of hydrogen-bond acceptors (Lipinski definition) is 2. The normalized spacial score (nSPS) is 12.4. The molecule has 0 saturated heterocycles. The summed E-state index contributed by atoms with van der Waals surface area (Å²) in [6, 6.07) is 2.70. The molecule has 0 aliphatic carbocycles. The quantitative estimate of drug-likeness (QED) is 0.852. The average molecular weight is 243 g/mol. The topological polar surface area (TPSA) is 57.5 Å². The van der Waals surface area contributed by atoms with Gasteiger partial charge in [0.25, 0.3) is 0 Å². The highest BCUT2D eigenvalue weighted by molar-refractivity contribution is 6.34. The van der Waals surface area contributed by atoms with Crippen LogP contribution < -0.4 is 0 Å². The lowest BCUT2D eigenvalue weighted by atomic mass is 9.96. The number of carboxylic acid groups (broad SMARTS) is 1. The molecule has 0 fully saturated rings. The Balaban J connectivity index is 3.16. The van der Waals surface area contributed by atoms with Gasteiger partial charge in [-0.25, -0.2) is 4.79 Å². The van der Waals surface area contributed by atoms with Crippen LogP contribution in [-0.4, -0.2) is 16.2 Å². The van der Waals surface area contributed by atoms with E-state index in [0.29, 0.717) is 17.9 Å². The lowest BCUT2D eigenvalue weighted by Gasteiger charge is -2.13. The number of aromatic hydroxyl groups is 1. The Hall–Kier alpha value is -1.22. The second kappa shape index (κ2) is 5.21. The lowest BCUT2D eigenvalue weighted by molar-refractivity contribution is 0.0697. The van der Waals surface area contributed by atoms with Crippen molar-refractivity contribution >= 4 is 17.6 Å². The van der Waals surface area contributed by atoms with Gasteiger partial charge in [-0.2, -0.15) is 0 Å². The third-order valence-corrected chi connectivity index (χ3v) is 3.13. The molecule has 88 valence electrons. The van der Waals surface area contributed by atoms with Crippen molar-refractivity contribution in [3.05, 3.63) is 28.3 Å². The molecule has 1 atom stereocenters. The van der Waals surface area contributed by atoms with Gasteiger partial charge in [0.2, 0.25) is 0 Å². The van der Waals surface area contributed by atoms with Crippen LogP contribution in [-0.2, 0) is 6.42 Å². The summed E-state index contributed by atoms with van der Waals surface area (Å²) in [4.78, 5) is 10.9. The predicted octanol–water partition coefficient (Wildman–Crippen LogP) is 3.33. The van der Waals surface area contributed by atoms with Gasteiger partial charge in [-0.15, -0.1) is 0 Å². The third-order valence-electron chi connectivity index (χ3n) is 2.70. The van der Waals surface area contributed by atoms with E-state index in [4.69, 9.17) is 16.7 Å². The molecule has 4 heteroatoms. The molecule has 0 saturated carbocycles. The summed E-state index contributed by atoms with van der Waals surface area (Å²) in [5.74, 6) is -0.654. The summed E-state index contributed by atoms with van der Waals surface area (Å²) in [5.41, 5.74) is 0.564. The van der Waals surface area contributed by atoms with Gasteiger partial charge in [-0.3, -0.25) is 0 Å². The Kier molecular flexibility index (Phi) is 4.19. The molecule has 0 aromatic heterocycles. The summed E-state index contributed by atoms with van der Waals surface area (Å²) in [5, 5.41) is 18.7. The minimum absolute atomic E-state index is 0.0396. The second-order valence-electron chi connectivity index (χ2n) is 3.95. The van der Waals surface area contributed by atoms with Crippen LogP contribution in [0.5, 0.6) is 5.75 Å². The molecular weight excluding hydrogens is 228 g/mol. The molecule has 0 bridgehead atoms. The van der Waals surface area contributed by atoms with Crippen LogP contribution in [0.15, 0.2) is 12.1 Å². The zero-order valence-electron chi connectivity index (χ0n) is 9.33. The Morgan fingerprint density at radius 3 is 2.62 bits per heavy atom. The van der Waals surface area contributed by atoms with E-state index in [2.05, 4.69) is 0 Å². The van der Waals surface area contributed by atoms with E-state index in [1.165, 1.54) is 12.1 Å². The monoisotopic (exact) mass is 242 g/mol. The van der Waals surface area contributed by atoms with Gasteiger partial charge in [-0.1, -0.05) is 31.9 Å². The van der Waals surface area contributed by atoms with E-state index in [9.17, 15) is 9.90 Å². The van der Waals surface area contributed by atoms with Gasteiger partial charge in [0, 0.05) is 5.56 Å². The van der Waals surface area contributed by atoms with Gasteiger partial charge in [0.05, 0.1) is 10.6 Å². The SMILES string of the molecule is CCC(C)Cc1c(O)ccc(C(=O)O)c1Cl. The van der Waals surface area contributed by atoms with Crippen LogP contribution in [0.4, 0.5) is 0 Å². The maximum atomic E-state index is 10.9.